The summed E-state index contributed by atoms with van der Waals surface area (Å²) in [5.74, 6) is 0.552. The highest BCUT2D eigenvalue weighted by atomic mass is 32.2. The largest absolute Gasteiger partial charge is 0.497 e. The first-order valence-corrected chi connectivity index (χ1v) is 11.2. The van der Waals surface area contributed by atoms with Gasteiger partial charge in [0.1, 0.15) is 5.75 Å². The Hall–Kier alpha value is -2.91. The van der Waals surface area contributed by atoms with Crippen LogP contribution in [0, 0.1) is 0 Å². The number of carbonyl (C=O) groups is 1. The third-order valence-corrected chi connectivity index (χ3v) is 6.45. The number of nitrogens with one attached hydrogen (secondary N) is 2. The van der Waals surface area contributed by atoms with Crippen LogP contribution in [0.2, 0.25) is 0 Å². The van der Waals surface area contributed by atoms with Crippen molar-refractivity contribution < 1.29 is 17.9 Å². The SMILES string of the molecule is COc1ccc(C(C)NC(=O)Cc2csc(NS(=O)(=O)c3ccccc3)n2)cc1. The van der Waals surface area contributed by atoms with Crippen LogP contribution in [0.5, 0.6) is 5.75 Å². The lowest BCUT2D eigenvalue weighted by atomic mass is 10.1. The summed E-state index contributed by atoms with van der Waals surface area (Å²) in [5.41, 5.74) is 1.45. The number of sulfonamides is 1. The summed E-state index contributed by atoms with van der Waals surface area (Å²) >= 11 is 1.14. The summed E-state index contributed by atoms with van der Waals surface area (Å²) in [6, 6.07) is 15.3. The van der Waals surface area contributed by atoms with E-state index in [2.05, 4.69) is 15.0 Å². The van der Waals surface area contributed by atoms with E-state index in [0.29, 0.717) is 5.69 Å². The normalized spacial score (nSPS) is 12.2. The highest BCUT2D eigenvalue weighted by Crippen LogP contribution is 2.21. The Bertz CT molecular complexity index is 1060. The number of amides is 1. The second kappa shape index (κ2) is 9.06. The molecule has 9 heteroatoms. The molecular weight excluding hydrogens is 410 g/mol. The second-order valence-electron chi connectivity index (χ2n) is 6.30. The number of ether oxygens (including phenoxy) is 1. The molecule has 1 heterocycles. The highest BCUT2D eigenvalue weighted by molar-refractivity contribution is 7.93. The van der Waals surface area contributed by atoms with E-state index in [9.17, 15) is 13.2 Å². The number of thiazole rings is 1. The molecule has 0 aliphatic carbocycles. The fourth-order valence-electron chi connectivity index (χ4n) is 2.64. The maximum Gasteiger partial charge on any atom is 0.263 e. The zero-order chi connectivity index (χ0) is 20.9. The van der Waals surface area contributed by atoms with E-state index in [4.69, 9.17) is 4.74 Å². The molecule has 0 radical (unpaired) electrons. The van der Waals surface area contributed by atoms with E-state index < -0.39 is 10.0 Å². The zero-order valence-electron chi connectivity index (χ0n) is 16.0. The third kappa shape index (κ3) is 5.55. The lowest BCUT2D eigenvalue weighted by molar-refractivity contribution is -0.121. The fraction of sp³-hybridized carbons (Fsp3) is 0.200. The molecule has 7 nitrogen and oxygen atoms in total. The quantitative estimate of drug-likeness (QED) is 0.570. The minimum absolute atomic E-state index is 0.0596. The summed E-state index contributed by atoms with van der Waals surface area (Å²) in [7, 11) is -2.10. The molecule has 1 amide bonds. The molecule has 0 saturated carbocycles. The maximum absolute atomic E-state index is 12.3. The minimum Gasteiger partial charge on any atom is -0.497 e. The van der Waals surface area contributed by atoms with Gasteiger partial charge in [-0.05, 0) is 36.8 Å². The van der Waals surface area contributed by atoms with Gasteiger partial charge in [-0.1, -0.05) is 30.3 Å². The standard InChI is InChI=1S/C20H21N3O4S2/c1-14(15-8-10-17(27-2)11-9-15)21-19(24)12-16-13-28-20(22-16)23-29(25,26)18-6-4-3-5-7-18/h3-11,13-14H,12H2,1-2H3,(H,21,24)(H,22,23). The lowest BCUT2D eigenvalue weighted by Gasteiger charge is -2.14. The molecule has 1 aromatic heterocycles. The number of rotatable bonds is 8. The fourth-order valence-corrected chi connectivity index (χ4v) is 4.63. The summed E-state index contributed by atoms with van der Waals surface area (Å²) in [6.07, 6.45) is 0.0596. The summed E-state index contributed by atoms with van der Waals surface area (Å²) in [5, 5.41) is 4.80. The highest BCUT2D eigenvalue weighted by Gasteiger charge is 2.17. The van der Waals surface area contributed by atoms with Gasteiger partial charge in [0, 0.05) is 5.38 Å². The van der Waals surface area contributed by atoms with Crippen LogP contribution in [-0.2, 0) is 21.2 Å². The van der Waals surface area contributed by atoms with Gasteiger partial charge < -0.3 is 10.1 Å². The minimum atomic E-state index is -3.70. The smallest absolute Gasteiger partial charge is 0.263 e. The Morgan fingerprint density at radius 3 is 2.48 bits per heavy atom. The molecule has 152 valence electrons. The molecule has 0 aliphatic heterocycles. The maximum atomic E-state index is 12.3. The Balaban J connectivity index is 1.58. The van der Waals surface area contributed by atoms with Gasteiger partial charge >= 0.3 is 0 Å². The topological polar surface area (TPSA) is 97.4 Å². The van der Waals surface area contributed by atoms with Gasteiger partial charge in [-0.3, -0.25) is 9.52 Å². The molecule has 3 aromatic rings. The van der Waals surface area contributed by atoms with E-state index in [1.165, 1.54) is 12.1 Å². The molecule has 2 N–H and O–H groups in total. The molecule has 3 rings (SSSR count). The summed E-state index contributed by atoms with van der Waals surface area (Å²) in [6.45, 7) is 1.89. The molecule has 1 atom stereocenters. The Morgan fingerprint density at radius 2 is 1.83 bits per heavy atom. The number of anilines is 1. The van der Waals surface area contributed by atoms with E-state index in [0.717, 1.165) is 22.6 Å². The lowest BCUT2D eigenvalue weighted by Crippen LogP contribution is -2.28. The van der Waals surface area contributed by atoms with Crippen LogP contribution in [0.1, 0.15) is 24.2 Å². The van der Waals surface area contributed by atoms with E-state index in [1.54, 1.807) is 30.7 Å². The average molecular weight is 432 g/mol. The number of methoxy groups -OCH3 is 1. The van der Waals surface area contributed by atoms with Crippen molar-refractivity contribution in [2.75, 3.05) is 11.8 Å². The van der Waals surface area contributed by atoms with E-state index in [1.807, 2.05) is 31.2 Å². The summed E-state index contributed by atoms with van der Waals surface area (Å²) in [4.78, 5) is 16.7. The van der Waals surface area contributed by atoms with Crippen LogP contribution < -0.4 is 14.8 Å². The van der Waals surface area contributed by atoms with Crippen molar-refractivity contribution >= 4 is 32.4 Å². The van der Waals surface area contributed by atoms with Gasteiger partial charge in [-0.2, -0.15) is 0 Å². The molecule has 2 aromatic carbocycles. The Kier molecular flexibility index (Phi) is 6.50. The molecule has 1 unspecified atom stereocenters. The van der Waals surface area contributed by atoms with Crippen LogP contribution >= 0.6 is 11.3 Å². The van der Waals surface area contributed by atoms with Crippen molar-refractivity contribution in [1.29, 1.82) is 0 Å². The number of benzene rings is 2. The predicted octanol–water partition coefficient (Wildman–Crippen LogP) is 3.37. The molecule has 0 bridgehead atoms. The van der Waals surface area contributed by atoms with Crippen LogP contribution in [0.4, 0.5) is 5.13 Å². The van der Waals surface area contributed by atoms with Crippen molar-refractivity contribution in [2.45, 2.75) is 24.3 Å². The van der Waals surface area contributed by atoms with Crippen molar-refractivity contribution in [3.05, 3.63) is 71.2 Å². The van der Waals surface area contributed by atoms with Crippen LogP contribution in [0.15, 0.2) is 64.9 Å². The first kappa shape index (κ1) is 20.8. The Morgan fingerprint density at radius 1 is 1.14 bits per heavy atom. The van der Waals surface area contributed by atoms with Crippen LogP contribution in [-0.4, -0.2) is 26.4 Å². The molecular formula is C20H21N3O4S2. The average Bonchev–Trinajstić information content (AvgIpc) is 3.14. The monoisotopic (exact) mass is 431 g/mol. The molecule has 0 saturated heterocycles. The van der Waals surface area contributed by atoms with Crippen LogP contribution in [0.25, 0.3) is 0 Å². The number of hydrogen-bond acceptors (Lipinski definition) is 6. The predicted molar refractivity (Wildman–Crippen MR) is 113 cm³/mol. The van der Waals surface area contributed by atoms with Gasteiger partial charge in [-0.25, -0.2) is 13.4 Å². The van der Waals surface area contributed by atoms with Gasteiger partial charge in [0.25, 0.3) is 10.0 Å². The van der Waals surface area contributed by atoms with Crippen molar-refractivity contribution in [1.82, 2.24) is 10.3 Å². The van der Waals surface area contributed by atoms with Crippen LogP contribution in [0.3, 0.4) is 0 Å². The molecule has 0 fully saturated rings. The molecule has 0 aliphatic rings. The second-order valence-corrected chi connectivity index (χ2v) is 8.84. The molecule has 0 spiro atoms. The van der Waals surface area contributed by atoms with Gasteiger partial charge in [0.15, 0.2) is 5.13 Å². The van der Waals surface area contributed by atoms with Gasteiger partial charge in [0.05, 0.1) is 30.2 Å². The van der Waals surface area contributed by atoms with Crippen molar-refractivity contribution in [3.8, 4) is 5.75 Å². The Labute approximate surface area is 173 Å². The van der Waals surface area contributed by atoms with Gasteiger partial charge in [0.2, 0.25) is 5.91 Å². The third-order valence-electron chi connectivity index (χ3n) is 4.16. The number of aromatic nitrogens is 1. The summed E-state index contributed by atoms with van der Waals surface area (Å²) < 4.78 is 32.3. The van der Waals surface area contributed by atoms with E-state index >= 15 is 0 Å². The first-order chi connectivity index (χ1) is 13.9. The zero-order valence-corrected chi connectivity index (χ0v) is 17.6. The van der Waals surface area contributed by atoms with E-state index in [-0.39, 0.29) is 28.4 Å². The number of nitrogens with zero attached hydrogens (tertiary/aromatic N) is 1. The van der Waals surface area contributed by atoms with Crippen molar-refractivity contribution in [3.63, 3.8) is 0 Å². The molecule has 29 heavy (non-hydrogen) atoms. The number of hydrogen-bond donors (Lipinski definition) is 2. The van der Waals surface area contributed by atoms with Crippen molar-refractivity contribution in [2.24, 2.45) is 0 Å². The van der Waals surface area contributed by atoms with Gasteiger partial charge in [-0.15, -0.1) is 11.3 Å². The first-order valence-electron chi connectivity index (χ1n) is 8.83. The number of carbonyl (C=O) groups excluding carboxylic acids is 1.